The summed E-state index contributed by atoms with van der Waals surface area (Å²) in [6.45, 7) is 2.07. The molecule has 1 fully saturated rings. The molecule has 4 heteroatoms. The highest BCUT2D eigenvalue weighted by Gasteiger charge is 2.17. The van der Waals surface area contributed by atoms with Crippen LogP contribution in [0.15, 0.2) is 18.5 Å². The molecule has 1 aliphatic heterocycles. The van der Waals surface area contributed by atoms with Gasteiger partial charge in [0.25, 0.3) is 0 Å². The maximum atomic E-state index is 11.9. The van der Waals surface area contributed by atoms with Gasteiger partial charge in [-0.2, -0.15) is 0 Å². The van der Waals surface area contributed by atoms with E-state index in [1.807, 2.05) is 6.07 Å². The molecule has 0 aromatic carbocycles. The van der Waals surface area contributed by atoms with E-state index in [4.69, 9.17) is 11.6 Å². The first-order valence-corrected chi connectivity index (χ1v) is 6.44. The Morgan fingerprint density at radius 1 is 1.47 bits per heavy atom. The fraction of sp³-hybridized carbons (Fsp3) is 0.538. The van der Waals surface area contributed by atoms with Crippen LogP contribution >= 0.6 is 11.6 Å². The van der Waals surface area contributed by atoms with Crippen molar-refractivity contribution in [3.63, 3.8) is 0 Å². The smallest absolute Gasteiger partial charge is 0.137 e. The summed E-state index contributed by atoms with van der Waals surface area (Å²) in [6.07, 6.45) is 6.60. The Morgan fingerprint density at radius 3 is 2.94 bits per heavy atom. The average Bonchev–Trinajstić information content (AvgIpc) is 2.33. The second kappa shape index (κ2) is 6.12. The quantitative estimate of drug-likeness (QED) is 0.894. The summed E-state index contributed by atoms with van der Waals surface area (Å²) >= 11 is 5.99. The summed E-state index contributed by atoms with van der Waals surface area (Å²) in [5.74, 6) is 0.828. The highest BCUT2D eigenvalue weighted by atomic mass is 35.5. The zero-order valence-electron chi connectivity index (χ0n) is 9.79. The van der Waals surface area contributed by atoms with E-state index in [9.17, 15) is 4.79 Å². The fourth-order valence-electron chi connectivity index (χ4n) is 2.24. The molecule has 3 nitrogen and oxygen atoms in total. The first-order chi connectivity index (χ1) is 8.25. The van der Waals surface area contributed by atoms with E-state index in [-0.39, 0.29) is 5.78 Å². The number of carbonyl (C=O) groups is 1. The molecule has 0 amide bonds. The minimum atomic E-state index is 0.282. The van der Waals surface area contributed by atoms with Crippen molar-refractivity contribution in [3.05, 3.63) is 29.0 Å². The number of hydrogen-bond donors (Lipinski definition) is 1. The zero-order valence-corrected chi connectivity index (χ0v) is 10.5. The number of nitrogens with one attached hydrogen (secondary N) is 1. The number of rotatable bonds is 4. The van der Waals surface area contributed by atoms with Gasteiger partial charge >= 0.3 is 0 Å². The van der Waals surface area contributed by atoms with Crippen LogP contribution in [0.3, 0.4) is 0 Å². The summed E-state index contributed by atoms with van der Waals surface area (Å²) in [4.78, 5) is 15.8. The van der Waals surface area contributed by atoms with E-state index >= 15 is 0 Å². The molecule has 92 valence electrons. The van der Waals surface area contributed by atoms with Gasteiger partial charge in [-0.3, -0.25) is 9.78 Å². The molecule has 0 spiro atoms. The van der Waals surface area contributed by atoms with Crippen molar-refractivity contribution >= 4 is 17.4 Å². The van der Waals surface area contributed by atoms with Crippen molar-refractivity contribution in [2.75, 3.05) is 13.1 Å². The SMILES string of the molecule is O=C(Cc1ccncc1Cl)CC1CCNCC1. The summed E-state index contributed by atoms with van der Waals surface area (Å²) in [6, 6.07) is 1.82. The molecule has 1 N–H and O–H groups in total. The normalized spacial score (nSPS) is 17.0. The van der Waals surface area contributed by atoms with Crippen molar-refractivity contribution < 1.29 is 4.79 Å². The number of carbonyl (C=O) groups excluding carboxylic acids is 1. The van der Waals surface area contributed by atoms with Gasteiger partial charge in [-0.1, -0.05) is 11.6 Å². The van der Waals surface area contributed by atoms with Crippen LogP contribution in [0.25, 0.3) is 0 Å². The van der Waals surface area contributed by atoms with Crippen LogP contribution in [0.1, 0.15) is 24.8 Å². The first kappa shape index (κ1) is 12.5. The number of ketones is 1. The lowest BCUT2D eigenvalue weighted by Crippen LogP contribution is -2.29. The average molecular weight is 253 g/mol. The lowest BCUT2D eigenvalue weighted by Gasteiger charge is -2.21. The molecule has 0 radical (unpaired) electrons. The summed E-state index contributed by atoms with van der Waals surface area (Å²) < 4.78 is 0. The largest absolute Gasteiger partial charge is 0.317 e. The van der Waals surface area contributed by atoms with Gasteiger partial charge in [0.2, 0.25) is 0 Å². The standard InChI is InChI=1S/C13H17ClN2O/c14-13-9-16-6-3-11(13)8-12(17)7-10-1-4-15-5-2-10/h3,6,9-10,15H,1-2,4-5,7-8H2. The highest BCUT2D eigenvalue weighted by Crippen LogP contribution is 2.19. The minimum absolute atomic E-state index is 0.282. The number of Topliss-reactive ketones (excluding diaryl/α,β-unsaturated/α-hetero) is 1. The molecule has 1 aliphatic rings. The molecular weight excluding hydrogens is 236 g/mol. The Bertz CT molecular complexity index is 389. The van der Waals surface area contributed by atoms with Gasteiger partial charge < -0.3 is 5.32 Å². The van der Waals surface area contributed by atoms with Gasteiger partial charge in [-0.05, 0) is 43.5 Å². The highest BCUT2D eigenvalue weighted by molar-refractivity contribution is 6.31. The number of aromatic nitrogens is 1. The van der Waals surface area contributed by atoms with E-state index in [0.29, 0.717) is 23.8 Å². The molecule has 17 heavy (non-hydrogen) atoms. The first-order valence-electron chi connectivity index (χ1n) is 6.06. The predicted molar refractivity (Wildman–Crippen MR) is 68.2 cm³/mol. The maximum Gasteiger partial charge on any atom is 0.137 e. The number of piperidine rings is 1. The van der Waals surface area contributed by atoms with Gasteiger partial charge in [0.05, 0.1) is 5.02 Å². The van der Waals surface area contributed by atoms with E-state index in [2.05, 4.69) is 10.3 Å². The predicted octanol–water partition coefficient (Wildman–Crippen LogP) is 2.24. The molecule has 2 rings (SSSR count). The number of pyridine rings is 1. The van der Waals surface area contributed by atoms with Crippen molar-refractivity contribution in [2.45, 2.75) is 25.7 Å². The Hall–Kier alpha value is -0.930. The van der Waals surface area contributed by atoms with Gasteiger partial charge in [0.15, 0.2) is 0 Å². The summed E-state index contributed by atoms with van der Waals surface area (Å²) in [5.41, 5.74) is 0.889. The molecule has 0 saturated carbocycles. The Balaban J connectivity index is 1.86. The van der Waals surface area contributed by atoms with Crippen molar-refractivity contribution in [1.82, 2.24) is 10.3 Å². The zero-order chi connectivity index (χ0) is 12.1. The Labute approximate surface area is 107 Å². The van der Waals surface area contributed by atoms with E-state index in [1.54, 1.807) is 12.4 Å². The summed E-state index contributed by atoms with van der Waals surface area (Å²) in [5, 5.41) is 3.90. The molecule has 2 heterocycles. The molecule has 0 unspecified atom stereocenters. The second-order valence-corrected chi connectivity index (χ2v) is 4.99. The van der Waals surface area contributed by atoms with Crippen molar-refractivity contribution in [3.8, 4) is 0 Å². The Kier molecular flexibility index (Phi) is 4.51. The van der Waals surface area contributed by atoms with E-state index < -0.39 is 0 Å². The second-order valence-electron chi connectivity index (χ2n) is 4.58. The third kappa shape index (κ3) is 3.79. The van der Waals surface area contributed by atoms with Crippen LogP contribution in [-0.2, 0) is 11.2 Å². The molecular formula is C13H17ClN2O. The Morgan fingerprint density at radius 2 is 2.24 bits per heavy atom. The number of hydrogen-bond acceptors (Lipinski definition) is 3. The van der Waals surface area contributed by atoms with E-state index in [0.717, 1.165) is 31.5 Å². The lowest BCUT2D eigenvalue weighted by molar-refractivity contribution is -0.119. The molecule has 1 aromatic heterocycles. The van der Waals surface area contributed by atoms with E-state index in [1.165, 1.54) is 0 Å². The fourth-order valence-corrected chi connectivity index (χ4v) is 2.43. The van der Waals surface area contributed by atoms with Crippen LogP contribution in [-0.4, -0.2) is 23.9 Å². The number of halogens is 1. The molecule has 0 atom stereocenters. The third-order valence-electron chi connectivity index (χ3n) is 3.22. The van der Waals surface area contributed by atoms with Gasteiger partial charge in [0, 0.05) is 25.2 Å². The van der Waals surface area contributed by atoms with Gasteiger partial charge in [0.1, 0.15) is 5.78 Å². The molecule has 0 bridgehead atoms. The number of nitrogens with zero attached hydrogens (tertiary/aromatic N) is 1. The third-order valence-corrected chi connectivity index (χ3v) is 3.56. The lowest BCUT2D eigenvalue weighted by atomic mass is 9.91. The van der Waals surface area contributed by atoms with Crippen LogP contribution in [0.5, 0.6) is 0 Å². The van der Waals surface area contributed by atoms with Crippen LogP contribution in [0.2, 0.25) is 5.02 Å². The van der Waals surface area contributed by atoms with Crippen LogP contribution in [0.4, 0.5) is 0 Å². The molecule has 1 aromatic rings. The van der Waals surface area contributed by atoms with Crippen LogP contribution in [0, 0.1) is 5.92 Å². The van der Waals surface area contributed by atoms with Crippen LogP contribution < -0.4 is 5.32 Å². The van der Waals surface area contributed by atoms with Crippen molar-refractivity contribution in [1.29, 1.82) is 0 Å². The maximum absolute atomic E-state index is 11.9. The van der Waals surface area contributed by atoms with Gasteiger partial charge in [-0.15, -0.1) is 0 Å². The summed E-state index contributed by atoms with van der Waals surface area (Å²) in [7, 11) is 0. The topological polar surface area (TPSA) is 42.0 Å². The van der Waals surface area contributed by atoms with Crippen molar-refractivity contribution in [2.24, 2.45) is 5.92 Å². The van der Waals surface area contributed by atoms with Gasteiger partial charge in [-0.25, -0.2) is 0 Å². The monoisotopic (exact) mass is 252 g/mol. The minimum Gasteiger partial charge on any atom is -0.317 e. The molecule has 1 saturated heterocycles. The molecule has 0 aliphatic carbocycles.